The van der Waals surface area contributed by atoms with E-state index in [0.717, 1.165) is 24.2 Å². The number of nitrogens with one attached hydrogen (secondary N) is 2. The lowest BCUT2D eigenvalue weighted by molar-refractivity contribution is -0.123. The van der Waals surface area contributed by atoms with Crippen LogP contribution in [0.2, 0.25) is 0 Å². The summed E-state index contributed by atoms with van der Waals surface area (Å²) < 4.78 is 5.59. The Balaban J connectivity index is 1.66. The van der Waals surface area contributed by atoms with Gasteiger partial charge in [0.2, 0.25) is 5.91 Å². The second kappa shape index (κ2) is 8.15. The summed E-state index contributed by atoms with van der Waals surface area (Å²) in [6, 6.07) is 13.8. The molecule has 0 unspecified atom stereocenters. The number of carbonyl (C=O) groups excluding carboxylic acids is 1. The molecule has 2 N–H and O–H groups in total. The lowest BCUT2D eigenvalue weighted by atomic mass is 9.95. The van der Waals surface area contributed by atoms with Gasteiger partial charge in [0.1, 0.15) is 5.76 Å². The van der Waals surface area contributed by atoms with Crippen LogP contribution < -0.4 is 10.6 Å². The summed E-state index contributed by atoms with van der Waals surface area (Å²) in [5.41, 5.74) is 1.09. The highest BCUT2D eigenvalue weighted by Crippen LogP contribution is 2.23. The molecule has 1 aromatic carbocycles. The maximum atomic E-state index is 12.5. The Hall–Kier alpha value is -2.07. The molecule has 1 saturated carbocycles. The maximum Gasteiger partial charge on any atom is 0.237 e. The Bertz CT molecular complexity index is 618. The zero-order valence-electron chi connectivity index (χ0n) is 14.2. The quantitative estimate of drug-likeness (QED) is 0.849. The number of hydrogen-bond acceptors (Lipinski definition) is 3. The molecule has 1 heterocycles. The molecule has 1 aromatic heterocycles. The van der Waals surface area contributed by atoms with Crippen LogP contribution in [0.4, 0.5) is 0 Å². The minimum atomic E-state index is -0.290. The summed E-state index contributed by atoms with van der Waals surface area (Å²) in [7, 11) is 0. The molecule has 0 radical (unpaired) electrons. The van der Waals surface area contributed by atoms with Crippen molar-refractivity contribution in [1.82, 2.24) is 10.6 Å². The Kier molecular flexibility index (Phi) is 5.70. The smallest absolute Gasteiger partial charge is 0.237 e. The van der Waals surface area contributed by atoms with Gasteiger partial charge in [0, 0.05) is 6.04 Å². The van der Waals surface area contributed by atoms with Crippen molar-refractivity contribution >= 4 is 5.91 Å². The summed E-state index contributed by atoms with van der Waals surface area (Å²) in [4.78, 5) is 12.5. The average molecular weight is 326 g/mol. The molecule has 1 aliphatic rings. The van der Waals surface area contributed by atoms with E-state index in [-0.39, 0.29) is 18.0 Å². The van der Waals surface area contributed by atoms with Crippen LogP contribution >= 0.6 is 0 Å². The minimum absolute atomic E-state index is 0.0642. The maximum absolute atomic E-state index is 12.5. The number of furan rings is 1. The van der Waals surface area contributed by atoms with E-state index < -0.39 is 0 Å². The molecule has 3 rings (SSSR count). The van der Waals surface area contributed by atoms with E-state index in [2.05, 4.69) is 10.6 Å². The first-order chi connectivity index (χ1) is 11.7. The molecule has 1 aliphatic carbocycles. The zero-order valence-corrected chi connectivity index (χ0v) is 14.2. The first-order valence-electron chi connectivity index (χ1n) is 8.89. The van der Waals surface area contributed by atoms with Crippen LogP contribution in [0.5, 0.6) is 0 Å². The molecule has 2 atom stereocenters. The highest BCUT2D eigenvalue weighted by atomic mass is 16.3. The van der Waals surface area contributed by atoms with E-state index in [1.54, 1.807) is 6.26 Å². The van der Waals surface area contributed by atoms with Crippen LogP contribution in [0.1, 0.15) is 56.4 Å². The van der Waals surface area contributed by atoms with Crippen molar-refractivity contribution in [2.75, 3.05) is 0 Å². The van der Waals surface area contributed by atoms with Crippen LogP contribution in [0.15, 0.2) is 53.1 Å². The van der Waals surface area contributed by atoms with Gasteiger partial charge in [-0.15, -0.1) is 0 Å². The van der Waals surface area contributed by atoms with Crippen molar-refractivity contribution in [3.05, 3.63) is 60.1 Å². The van der Waals surface area contributed by atoms with E-state index in [4.69, 9.17) is 4.42 Å². The first kappa shape index (κ1) is 16.8. The molecular formula is C20H26N2O2. The Morgan fingerprint density at radius 1 is 1.08 bits per heavy atom. The molecule has 1 fully saturated rings. The van der Waals surface area contributed by atoms with Gasteiger partial charge in [-0.1, -0.05) is 49.6 Å². The standard InChI is InChI=1S/C20H26N2O2/c1-15(20(23)22-17-11-6-3-7-12-17)21-19(18-13-8-14-24-18)16-9-4-2-5-10-16/h2,4-5,8-10,13-15,17,19,21H,3,6-7,11-12H2,1H3,(H,22,23)/t15-,19+/m0/s1. The monoisotopic (exact) mass is 326 g/mol. The van der Waals surface area contributed by atoms with Gasteiger partial charge in [-0.3, -0.25) is 10.1 Å². The molecule has 1 amide bonds. The third-order valence-electron chi connectivity index (χ3n) is 4.72. The van der Waals surface area contributed by atoms with Gasteiger partial charge in [0.05, 0.1) is 18.3 Å². The average Bonchev–Trinajstić information content (AvgIpc) is 3.15. The summed E-state index contributed by atoms with van der Waals surface area (Å²) in [6.45, 7) is 1.91. The van der Waals surface area contributed by atoms with Crippen LogP contribution in [0.3, 0.4) is 0 Å². The molecule has 0 spiro atoms. The zero-order chi connectivity index (χ0) is 16.8. The second-order valence-electron chi connectivity index (χ2n) is 6.59. The van der Waals surface area contributed by atoms with E-state index in [1.807, 2.05) is 49.4 Å². The third kappa shape index (κ3) is 4.26. The summed E-state index contributed by atoms with van der Waals surface area (Å²) in [5.74, 6) is 0.882. The molecule has 2 aromatic rings. The van der Waals surface area contributed by atoms with Gasteiger partial charge < -0.3 is 9.73 Å². The predicted molar refractivity (Wildman–Crippen MR) is 94.6 cm³/mol. The number of hydrogen-bond donors (Lipinski definition) is 2. The molecule has 4 heteroatoms. The molecule has 128 valence electrons. The van der Waals surface area contributed by atoms with E-state index in [9.17, 15) is 4.79 Å². The van der Waals surface area contributed by atoms with Gasteiger partial charge in [-0.2, -0.15) is 0 Å². The fraction of sp³-hybridized carbons (Fsp3) is 0.450. The number of carbonyl (C=O) groups is 1. The highest BCUT2D eigenvalue weighted by Gasteiger charge is 2.24. The van der Waals surface area contributed by atoms with Gasteiger partial charge in [-0.25, -0.2) is 0 Å². The summed E-state index contributed by atoms with van der Waals surface area (Å²) in [6.07, 6.45) is 7.57. The van der Waals surface area contributed by atoms with Crippen molar-refractivity contribution in [2.24, 2.45) is 0 Å². The predicted octanol–water partition coefficient (Wildman–Crippen LogP) is 3.80. The number of amides is 1. The molecule has 0 saturated heterocycles. The number of rotatable bonds is 6. The highest BCUT2D eigenvalue weighted by molar-refractivity contribution is 5.81. The molecule has 0 bridgehead atoms. The van der Waals surface area contributed by atoms with Crippen LogP contribution in [-0.4, -0.2) is 18.0 Å². The Morgan fingerprint density at radius 3 is 2.50 bits per heavy atom. The van der Waals surface area contributed by atoms with Gasteiger partial charge >= 0.3 is 0 Å². The van der Waals surface area contributed by atoms with E-state index in [0.29, 0.717) is 6.04 Å². The van der Waals surface area contributed by atoms with Crippen LogP contribution in [0, 0.1) is 0 Å². The fourth-order valence-electron chi connectivity index (χ4n) is 3.34. The van der Waals surface area contributed by atoms with Crippen molar-refractivity contribution in [1.29, 1.82) is 0 Å². The summed E-state index contributed by atoms with van der Waals surface area (Å²) >= 11 is 0. The van der Waals surface area contributed by atoms with Gasteiger partial charge in [0.15, 0.2) is 0 Å². The largest absolute Gasteiger partial charge is 0.467 e. The minimum Gasteiger partial charge on any atom is -0.467 e. The van der Waals surface area contributed by atoms with Crippen LogP contribution in [-0.2, 0) is 4.79 Å². The fourth-order valence-corrected chi connectivity index (χ4v) is 3.34. The molecular weight excluding hydrogens is 300 g/mol. The van der Waals surface area contributed by atoms with Crippen molar-refractivity contribution in [2.45, 2.75) is 57.2 Å². The molecule has 24 heavy (non-hydrogen) atoms. The normalized spacial score (nSPS) is 18.0. The van der Waals surface area contributed by atoms with E-state index in [1.165, 1.54) is 19.3 Å². The van der Waals surface area contributed by atoms with Gasteiger partial charge in [-0.05, 0) is 37.5 Å². The Morgan fingerprint density at radius 2 is 1.83 bits per heavy atom. The first-order valence-corrected chi connectivity index (χ1v) is 8.89. The molecule has 0 aliphatic heterocycles. The Labute approximate surface area is 143 Å². The third-order valence-corrected chi connectivity index (χ3v) is 4.72. The SMILES string of the molecule is C[C@H](N[C@H](c1ccccc1)c1ccco1)C(=O)NC1CCCCC1. The van der Waals surface area contributed by atoms with E-state index >= 15 is 0 Å². The van der Waals surface area contributed by atoms with Crippen LogP contribution in [0.25, 0.3) is 0 Å². The number of benzene rings is 1. The molecule has 4 nitrogen and oxygen atoms in total. The lowest BCUT2D eigenvalue weighted by Gasteiger charge is -2.26. The van der Waals surface area contributed by atoms with Crippen molar-refractivity contribution in [3.8, 4) is 0 Å². The summed E-state index contributed by atoms with van der Waals surface area (Å²) in [5, 5.41) is 6.61. The lowest BCUT2D eigenvalue weighted by Crippen LogP contribution is -2.47. The topological polar surface area (TPSA) is 54.3 Å². The second-order valence-corrected chi connectivity index (χ2v) is 6.59. The van der Waals surface area contributed by atoms with Crippen molar-refractivity contribution < 1.29 is 9.21 Å². The van der Waals surface area contributed by atoms with Gasteiger partial charge in [0.25, 0.3) is 0 Å². The van der Waals surface area contributed by atoms with Crippen molar-refractivity contribution in [3.63, 3.8) is 0 Å².